The first-order valence-electron chi connectivity index (χ1n) is 11.8. The quantitative estimate of drug-likeness (QED) is 0.251. The van der Waals surface area contributed by atoms with Crippen molar-refractivity contribution in [1.29, 1.82) is 0 Å². The third kappa shape index (κ3) is 7.81. The number of hydrogen-bond donors (Lipinski definition) is 2. The number of carbonyl (C=O) groups excluding carboxylic acids is 1. The summed E-state index contributed by atoms with van der Waals surface area (Å²) in [5, 5.41) is 12.9. The minimum Gasteiger partial charge on any atom is -0.505 e. The molecule has 5 nitrogen and oxygen atoms in total. The van der Waals surface area contributed by atoms with Crippen molar-refractivity contribution in [3.05, 3.63) is 75.8 Å². The highest BCUT2D eigenvalue weighted by atomic mass is 35.5. The molecule has 1 atom stereocenters. The Kier molecular flexibility index (Phi) is 9.70. The molecule has 0 aliphatic carbocycles. The zero-order chi connectivity index (χ0) is 25.4. The van der Waals surface area contributed by atoms with Gasteiger partial charge in [0.05, 0.1) is 10.0 Å². The van der Waals surface area contributed by atoms with E-state index in [1.165, 1.54) is 12.1 Å². The first kappa shape index (κ1) is 26.7. The number of aromatic hydroxyl groups is 1. The molecule has 0 heterocycles. The van der Waals surface area contributed by atoms with E-state index in [9.17, 15) is 9.90 Å². The third-order valence-corrected chi connectivity index (χ3v) is 6.14. The van der Waals surface area contributed by atoms with E-state index in [0.29, 0.717) is 23.6 Å². The Hall–Kier alpha value is -2.89. The highest BCUT2D eigenvalue weighted by molar-refractivity contribution is 6.37. The average Bonchev–Trinajstić information content (AvgIpc) is 2.82. The fraction of sp³-hybridized carbons (Fsp3) is 0.321. The lowest BCUT2D eigenvalue weighted by Gasteiger charge is -2.20. The van der Waals surface area contributed by atoms with Crippen molar-refractivity contribution in [2.45, 2.75) is 59.0 Å². The molecule has 0 radical (unpaired) electrons. The van der Waals surface area contributed by atoms with Crippen LogP contribution in [0.1, 0.15) is 50.2 Å². The second-order valence-corrected chi connectivity index (χ2v) is 9.39. The van der Waals surface area contributed by atoms with Gasteiger partial charge in [0.1, 0.15) is 17.2 Å². The molecular formula is C28H31Cl2NO4. The number of phenolic OH excluding ortho intramolecular Hbond substituents is 1. The molecule has 3 rings (SSSR count). The molecule has 0 aromatic heterocycles. The van der Waals surface area contributed by atoms with Crippen LogP contribution in [-0.2, 0) is 4.79 Å². The maximum atomic E-state index is 13.1. The number of nitrogens with one attached hydrogen (secondary N) is 1. The molecule has 0 spiro atoms. The lowest BCUT2D eigenvalue weighted by molar-refractivity contribution is -0.123. The van der Waals surface area contributed by atoms with Crippen LogP contribution in [0.5, 0.6) is 23.0 Å². The van der Waals surface area contributed by atoms with Crippen LogP contribution in [0.2, 0.25) is 10.0 Å². The molecule has 0 aliphatic heterocycles. The number of amides is 1. The first-order valence-corrected chi connectivity index (χ1v) is 12.5. The van der Waals surface area contributed by atoms with Crippen LogP contribution < -0.4 is 14.8 Å². The van der Waals surface area contributed by atoms with Gasteiger partial charge in [-0.3, -0.25) is 4.79 Å². The predicted molar refractivity (Wildman–Crippen MR) is 142 cm³/mol. The number of carbonyl (C=O) groups is 1. The van der Waals surface area contributed by atoms with Crippen molar-refractivity contribution >= 4 is 34.8 Å². The maximum Gasteiger partial charge on any atom is 0.265 e. The molecule has 0 saturated carbocycles. The van der Waals surface area contributed by atoms with E-state index in [2.05, 4.69) is 18.3 Å². The van der Waals surface area contributed by atoms with Crippen molar-refractivity contribution in [3.63, 3.8) is 0 Å². The summed E-state index contributed by atoms with van der Waals surface area (Å²) < 4.78 is 11.9. The Morgan fingerprint density at radius 1 is 0.943 bits per heavy atom. The lowest BCUT2D eigenvalue weighted by atomic mass is 10.1. The summed E-state index contributed by atoms with van der Waals surface area (Å²) in [5.74, 6) is 1.27. The predicted octanol–water partition coefficient (Wildman–Crippen LogP) is 8.46. The molecular weight excluding hydrogens is 485 g/mol. The Labute approximate surface area is 217 Å². The van der Waals surface area contributed by atoms with Crippen molar-refractivity contribution in [1.82, 2.24) is 0 Å². The summed E-state index contributed by atoms with van der Waals surface area (Å²) >= 11 is 11.9. The number of rotatable bonds is 11. The minimum absolute atomic E-state index is 0.102. The van der Waals surface area contributed by atoms with E-state index in [1.807, 2.05) is 26.0 Å². The van der Waals surface area contributed by atoms with Gasteiger partial charge >= 0.3 is 0 Å². The Balaban J connectivity index is 1.67. The van der Waals surface area contributed by atoms with Crippen LogP contribution in [0.4, 0.5) is 5.69 Å². The van der Waals surface area contributed by atoms with E-state index < -0.39 is 6.10 Å². The molecule has 3 aromatic carbocycles. The van der Waals surface area contributed by atoms with E-state index in [1.54, 1.807) is 24.3 Å². The fourth-order valence-electron chi connectivity index (χ4n) is 3.65. The van der Waals surface area contributed by atoms with E-state index in [4.69, 9.17) is 32.7 Å². The van der Waals surface area contributed by atoms with Gasteiger partial charge in [0, 0.05) is 17.8 Å². The highest BCUT2D eigenvalue weighted by Gasteiger charge is 2.21. The van der Waals surface area contributed by atoms with Crippen molar-refractivity contribution in [2.24, 2.45) is 0 Å². The molecule has 0 aliphatic rings. The second kappa shape index (κ2) is 12.7. The molecule has 35 heavy (non-hydrogen) atoms. The zero-order valence-electron chi connectivity index (χ0n) is 20.2. The van der Waals surface area contributed by atoms with Gasteiger partial charge in [0.25, 0.3) is 5.91 Å². The lowest BCUT2D eigenvalue weighted by Crippen LogP contribution is -2.33. The summed E-state index contributed by atoms with van der Waals surface area (Å²) in [5.41, 5.74) is 2.79. The van der Waals surface area contributed by atoms with Gasteiger partial charge in [0.2, 0.25) is 0 Å². The number of ether oxygens (including phenoxy) is 2. The van der Waals surface area contributed by atoms with Gasteiger partial charge in [-0.25, -0.2) is 0 Å². The van der Waals surface area contributed by atoms with E-state index in [-0.39, 0.29) is 21.7 Å². The number of phenols is 1. The number of hydrogen-bond acceptors (Lipinski definition) is 4. The molecule has 3 aromatic rings. The number of halogens is 2. The highest BCUT2D eigenvalue weighted by Crippen LogP contribution is 2.37. The monoisotopic (exact) mass is 515 g/mol. The standard InChI is InChI=1S/C28H31Cl2NO4/c1-4-5-6-7-8-26(35-25-14-9-18(2)15-19(25)3)28(33)31-20-10-12-21(13-11-20)34-22-16-23(29)27(32)24(30)17-22/h9-17,26,32H,4-8H2,1-3H3,(H,31,33). The van der Waals surface area contributed by atoms with Crippen molar-refractivity contribution in [3.8, 4) is 23.0 Å². The summed E-state index contributed by atoms with van der Waals surface area (Å²) in [6.45, 7) is 6.18. The maximum absolute atomic E-state index is 13.1. The van der Waals surface area contributed by atoms with Crippen LogP contribution in [0.15, 0.2) is 54.6 Å². The second-order valence-electron chi connectivity index (χ2n) is 8.58. The van der Waals surface area contributed by atoms with Gasteiger partial charge in [-0.05, 0) is 62.6 Å². The van der Waals surface area contributed by atoms with Crippen LogP contribution in [0, 0.1) is 13.8 Å². The SMILES string of the molecule is CCCCCCC(Oc1ccc(C)cc1C)C(=O)Nc1ccc(Oc2cc(Cl)c(O)c(Cl)c2)cc1. The number of unbranched alkanes of at least 4 members (excludes halogenated alkanes) is 3. The van der Waals surface area contributed by atoms with Crippen molar-refractivity contribution < 1.29 is 19.4 Å². The number of benzene rings is 3. The van der Waals surface area contributed by atoms with Crippen LogP contribution in [-0.4, -0.2) is 17.1 Å². The van der Waals surface area contributed by atoms with Crippen LogP contribution >= 0.6 is 23.2 Å². The third-order valence-electron chi connectivity index (χ3n) is 5.56. The topological polar surface area (TPSA) is 67.8 Å². The summed E-state index contributed by atoms with van der Waals surface area (Å²) in [4.78, 5) is 13.1. The van der Waals surface area contributed by atoms with Gasteiger partial charge in [-0.1, -0.05) is 67.1 Å². The fourth-order valence-corrected chi connectivity index (χ4v) is 4.12. The summed E-state index contributed by atoms with van der Waals surface area (Å²) in [6.07, 6.45) is 4.30. The molecule has 1 amide bonds. The smallest absolute Gasteiger partial charge is 0.265 e. The molecule has 1 unspecified atom stereocenters. The summed E-state index contributed by atoms with van der Waals surface area (Å²) in [7, 11) is 0. The summed E-state index contributed by atoms with van der Waals surface area (Å²) in [6, 6.07) is 15.9. The van der Waals surface area contributed by atoms with E-state index >= 15 is 0 Å². The number of aryl methyl sites for hydroxylation is 2. The molecule has 0 bridgehead atoms. The zero-order valence-corrected chi connectivity index (χ0v) is 21.7. The van der Waals surface area contributed by atoms with E-state index in [0.717, 1.165) is 42.6 Å². The first-order chi connectivity index (χ1) is 16.8. The minimum atomic E-state index is -0.592. The van der Waals surface area contributed by atoms with Gasteiger partial charge in [-0.2, -0.15) is 0 Å². The average molecular weight is 516 g/mol. The van der Waals surface area contributed by atoms with Crippen molar-refractivity contribution in [2.75, 3.05) is 5.32 Å². The van der Waals surface area contributed by atoms with Gasteiger partial charge in [0.15, 0.2) is 11.9 Å². The molecule has 0 fully saturated rings. The molecule has 2 N–H and O–H groups in total. The Morgan fingerprint density at radius 3 is 2.26 bits per heavy atom. The number of anilines is 1. The Bertz CT molecular complexity index is 1130. The van der Waals surface area contributed by atoms with Gasteiger partial charge in [-0.15, -0.1) is 0 Å². The van der Waals surface area contributed by atoms with Crippen LogP contribution in [0.3, 0.4) is 0 Å². The Morgan fingerprint density at radius 2 is 1.63 bits per heavy atom. The molecule has 7 heteroatoms. The van der Waals surface area contributed by atoms with Crippen LogP contribution in [0.25, 0.3) is 0 Å². The molecule has 0 saturated heterocycles. The largest absolute Gasteiger partial charge is 0.505 e. The normalized spacial score (nSPS) is 11.7. The molecule has 186 valence electrons. The van der Waals surface area contributed by atoms with Gasteiger partial charge < -0.3 is 19.9 Å².